The monoisotopic (exact) mass is 782 g/mol. The van der Waals surface area contributed by atoms with Gasteiger partial charge in [0.25, 0.3) is 0 Å². The maximum absolute atomic E-state index is 13.9. The molecular weight excluding hydrogens is 741 g/mol. The molecule has 298 valence electrons. The highest BCUT2D eigenvalue weighted by Crippen LogP contribution is 2.23. The summed E-state index contributed by atoms with van der Waals surface area (Å²) in [6.07, 6.45) is -2.32. The summed E-state index contributed by atoms with van der Waals surface area (Å²) in [5, 5.41) is 35.7. The standard InChI is InChI=1S/C36H40N6O7.C2HF3O2/c37-20-32(44)39-29(17-23-12-14-25(43)15-13-23)35(47)42-16-6-11-31(42)34(46)40-28(19-24-21-38-27-10-5-4-9-26(24)27)33(45)41-30(36(48)49)18-22-7-2-1-3-8-22;3-2(4,5)1(6)7/h1-5,7-10,12-15,21,28-31,38,43H,6,11,16-20,37H2,(H,39,44)(H,40,46)(H,41,45)(H,48,49);(H,6,7)/t28-,29-,30-,31+;/m1./s1. The fourth-order valence-corrected chi connectivity index (χ4v) is 6.14. The van der Waals surface area contributed by atoms with Crippen LogP contribution < -0.4 is 21.7 Å². The number of rotatable bonds is 14. The van der Waals surface area contributed by atoms with Gasteiger partial charge in [0.05, 0.1) is 6.54 Å². The molecule has 0 unspecified atom stereocenters. The molecule has 3 aromatic carbocycles. The molecule has 0 aliphatic carbocycles. The Bertz CT molecular complexity index is 2010. The van der Waals surface area contributed by atoms with Gasteiger partial charge in [-0.3, -0.25) is 19.2 Å². The van der Waals surface area contributed by atoms with Crippen molar-refractivity contribution in [2.75, 3.05) is 13.1 Å². The van der Waals surface area contributed by atoms with Crippen molar-refractivity contribution in [1.82, 2.24) is 25.8 Å². The summed E-state index contributed by atoms with van der Waals surface area (Å²) >= 11 is 0. The number of para-hydroxylation sites is 1. The minimum Gasteiger partial charge on any atom is -0.508 e. The van der Waals surface area contributed by atoms with Crippen molar-refractivity contribution in [2.24, 2.45) is 5.73 Å². The van der Waals surface area contributed by atoms with Gasteiger partial charge in [-0.25, -0.2) is 9.59 Å². The van der Waals surface area contributed by atoms with Crippen LogP contribution in [0.15, 0.2) is 85.1 Å². The van der Waals surface area contributed by atoms with E-state index in [4.69, 9.17) is 15.6 Å². The number of hydrogen-bond donors (Lipinski definition) is 8. The van der Waals surface area contributed by atoms with E-state index in [1.54, 1.807) is 42.6 Å². The zero-order valence-electron chi connectivity index (χ0n) is 29.8. The third-order valence-corrected chi connectivity index (χ3v) is 8.91. The van der Waals surface area contributed by atoms with Crippen molar-refractivity contribution < 1.29 is 57.3 Å². The first kappa shape index (κ1) is 42.3. The maximum atomic E-state index is 13.9. The molecule has 0 saturated carbocycles. The fourth-order valence-electron chi connectivity index (χ4n) is 6.14. The van der Waals surface area contributed by atoms with Gasteiger partial charge in [0, 0.05) is 42.9 Å². The van der Waals surface area contributed by atoms with E-state index in [0.717, 1.165) is 22.0 Å². The van der Waals surface area contributed by atoms with E-state index in [1.165, 1.54) is 17.0 Å². The normalized spacial score (nSPS) is 15.4. The number of nitrogens with one attached hydrogen (secondary N) is 4. The van der Waals surface area contributed by atoms with Crippen molar-refractivity contribution in [1.29, 1.82) is 0 Å². The van der Waals surface area contributed by atoms with Crippen LogP contribution in [0, 0.1) is 0 Å². The minimum absolute atomic E-state index is 0.0392. The lowest BCUT2D eigenvalue weighted by Crippen LogP contribution is -2.58. The quantitative estimate of drug-likeness (QED) is 0.0925. The summed E-state index contributed by atoms with van der Waals surface area (Å²) in [5.74, 6) is -6.22. The number of fused-ring (bicyclic) bond motifs is 1. The first-order valence-electron chi connectivity index (χ1n) is 17.4. The molecule has 1 aliphatic rings. The number of amides is 4. The Labute approximate surface area is 318 Å². The highest BCUT2D eigenvalue weighted by molar-refractivity contribution is 5.96. The first-order chi connectivity index (χ1) is 26.6. The van der Waals surface area contributed by atoms with Crippen LogP contribution in [0.4, 0.5) is 13.2 Å². The molecule has 2 heterocycles. The summed E-state index contributed by atoms with van der Waals surface area (Å²) in [6, 6.07) is 18.2. The van der Waals surface area contributed by atoms with Crippen LogP contribution in [0.2, 0.25) is 0 Å². The zero-order chi connectivity index (χ0) is 41.0. The van der Waals surface area contributed by atoms with Gasteiger partial charge in [-0.2, -0.15) is 13.2 Å². The second-order valence-corrected chi connectivity index (χ2v) is 12.9. The molecule has 1 aromatic heterocycles. The minimum atomic E-state index is -5.08. The van der Waals surface area contributed by atoms with Gasteiger partial charge in [0.15, 0.2) is 0 Å². The van der Waals surface area contributed by atoms with E-state index < -0.39 is 65.9 Å². The Morgan fingerprint density at radius 2 is 1.41 bits per heavy atom. The molecule has 5 rings (SSSR count). The number of benzene rings is 3. The van der Waals surface area contributed by atoms with Gasteiger partial charge in [0.2, 0.25) is 23.6 Å². The number of carbonyl (C=O) groups is 6. The number of nitrogens with two attached hydrogens (primary N) is 1. The Hall–Kier alpha value is -6.43. The number of carboxylic acids is 2. The Morgan fingerprint density at radius 3 is 2.04 bits per heavy atom. The number of likely N-dealkylation sites (tertiary alicyclic amines) is 1. The van der Waals surface area contributed by atoms with Crippen LogP contribution in [0.3, 0.4) is 0 Å². The van der Waals surface area contributed by atoms with Crippen LogP contribution in [-0.4, -0.2) is 104 Å². The number of carbonyl (C=O) groups excluding carboxylic acids is 4. The summed E-state index contributed by atoms with van der Waals surface area (Å²) in [7, 11) is 0. The van der Waals surface area contributed by atoms with Crippen molar-refractivity contribution in [3.8, 4) is 5.75 Å². The van der Waals surface area contributed by atoms with Crippen molar-refractivity contribution in [2.45, 2.75) is 62.4 Å². The Morgan fingerprint density at radius 1 is 0.804 bits per heavy atom. The van der Waals surface area contributed by atoms with Gasteiger partial charge in [-0.15, -0.1) is 0 Å². The van der Waals surface area contributed by atoms with Gasteiger partial charge in [-0.05, 0) is 47.7 Å². The largest absolute Gasteiger partial charge is 0.508 e. The fraction of sp³-hybridized carbons (Fsp3) is 0.316. The Balaban J connectivity index is 0.000000908. The van der Waals surface area contributed by atoms with Gasteiger partial charge >= 0.3 is 18.1 Å². The lowest BCUT2D eigenvalue weighted by atomic mass is 10.0. The van der Waals surface area contributed by atoms with Gasteiger partial charge < -0.3 is 46.9 Å². The van der Waals surface area contributed by atoms with E-state index in [-0.39, 0.29) is 38.1 Å². The van der Waals surface area contributed by atoms with Crippen molar-refractivity contribution in [3.63, 3.8) is 0 Å². The second kappa shape index (κ2) is 19.2. The van der Waals surface area contributed by atoms with Crippen molar-refractivity contribution >= 4 is 46.5 Å². The molecule has 1 saturated heterocycles. The molecular formula is C38H41F3N6O9. The number of aromatic hydroxyl groups is 1. The van der Waals surface area contributed by atoms with E-state index in [0.29, 0.717) is 18.4 Å². The highest BCUT2D eigenvalue weighted by atomic mass is 19.4. The van der Waals surface area contributed by atoms with Gasteiger partial charge in [-0.1, -0.05) is 60.7 Å². The number of aromatic amines is 1. The number of halogens is 3. The first-order valence-corrected chi connectivity index (χ1v) is 17.4. The molecule has 0 bridgehead atoms. The van der Waals surface area contributed by atoms with Crippen molar-refractivity contribution in [3.05, 3.63) is 102 Å². The Kier molecular flexibility index (Phi) is 14.5. The van der Waals surface area contributed by atoms with E-state index in [2.05, 4.69) is 20.9 Å². The van der Waals surface area contributed by atoms with Crippen LogP contribution >= 0.6 is 0 Å². The molecule has 4 aromatic rings. The van der Waals surface area contributed by atoms with E-state index in [9.17, 15) is 47.4 Å². The van der Waals surface area contributed by atoms with Crippen LogP contribution in [0.25, 0.3) is 10.9 Å². The number of aromatic nitrogens is 1. The predicted octanol–water partition coefficient (Wildman–Crippen LogP) is 2.02. The maximum Gasteiger partial charge on any atom is 0.490 e. The van der Waals surface area contributed by atoms with E-state index in [1.807, 2.05) is 30.3 Å². The number of phenolic OH excluding ortho intramolecular Hbond substituents is 1. The van der Waals surface area contributed by atoms with Crippen LogP contribution in [-0.2, 0) is 48.0 Å². The zero-order valence-corrected chi connectivity index (χ0v) is 29.8. The molecule has 4 amide bonds. The smallest absolute Gasteiger partial charge is 0.490 e. The number of nitrogens with zero attached hydrogens (tertiary/aromatic N) is 1. The number of carboxylic acid groups (broad SMARTS) is 2. The lowest BCUT2D eigenvalue weighted by molar-refractivity contribution is -0.192. The molecule has 9 N–H and O–H groups in total. The number of H-pyrrole nitrogens is 1. The molecule has 18 heteroatoms. The number of hydrogen-bond acceptors (Lipinski definition) is 8. The highest BCUT2D eigenvalue weighted by Gasteiger charge is 2.40. The second-order valence-electron chi connectivity index (χ2n) is 12.9. The summed E-state index contributed by atoms with van der Waals surface area (Å²) in [5.41, 5.74) is 8.49. The average Bonchev–Trinajstić information content (AvgIpc) is 3.83. The van der Waals surface area contributed by atoms with Crippen LogP contribution in [0.5, 0.6) is 5.75 Å². The molecule has 1 fully saturated rings. The molecule has 1 aliphatic heterocycles. The third-order valence-electron chi connectivity index (χ3n) is 8.91. The lowest BCUT2D eigenvalue weighted by Gasteiger charge is -2.30. The third kappa shape index (κ3) is 11.8. The molecule has 56 heavy (non-hydrogen) atoms. The topological polar surface area (TPSA) is 244 Å². The SMILES string of the molecule is NCC(=O)N[C@H](Cc1ccc(O)cc1)C(=O)N1CCC[C@H]1C(=O)N[C@H](Cc1c[nH]c2ccccc12)C(=O)N[C@H](Cc1ccccc1)C(=O)O.O=C(O)C(F)(F)F. The summed E-state index contributed by atoms with van der Waals surface area (Å²) < 4.78 is 31.7. The summed E-state index contributed by atoms with van der Waals surface area (Å²) in [4.78, 5) is 79.6. The number of aliphatic carboxylic acids is 2. The van der Waals surface area contributed by atoms with Gasteiger partial charge in [0.1, 0.15) is 29.9 Å². The van der Waals surface area contributed by atoms with E-state index >= 15 is 0 Å². The molecule has 0 radical (unpaired) electrons. The average molecular weight is 783 g/mol. The molecule has 15 nitrogen and oxygen atoms in total. The number of alkyl halides is 3. The number of phenols is 1. The molecule has 0 spiro atoms. The van der Waals surface area contributed by atoms with Crippen LogP contribution in [0.1, 0.15) is 29.5 Å². The predicted molar refractivity (Wildman–Crippen MR) is 195 cm³/mol. The molecule has 4 atom stereocenters. The summed E-state index contributed by atoms with van der Waals surface area (Å²) in [6.45, 7) is -0.0888.